The van der Waals surface area contributed by atoms with Gasteiger partial charge in [-0.05, 0) is 66.3 Å². The fourth-order valence-electron chi connectivity index (χ4n) is 4.27. The molecule has 0 bridgehead atoms. The number of rotatable bonds is 8. The zero-order chi connectivity index (χ0) is 19.2. The molecular weight excluding hydrogens is 341 g/mol. The maximum absolute atomic E-state index is 13.8. The summed E-state index contributed by atoms with van der Waals surface area (Å²) in [5, 5.41) is 19.2. The fraction of sp³-hybridized carbons (Fsp3) is 0.478. The van der Waals surface area contributed by atoms with E-state index in [0.717, 1.165) is 44.5 Å². The van der Waals surface area contributed by atoms with Gasteiger partial charge in [-0.3, -0.25) is 0 Å². The second-order valence-electron chi connectivity index (χ2n) is 7.90. The summed E-state index contributed by atoms with van der Waals surface area (Å²) in [7, 11) is 0. The second-order valence-corrected chi connectivity index (χ2v) is 7.90. The molecule has 1 aliphatic heterocycles. The Hall–Kier alpha value is -1.91. The van der Waals surface area contributed by atoms with Gasteiger partial charge in [-0.2, -0.15) is 0 Å². The lowest BCUT2D eigenvalue weighted by Crippen LogP contribution is -2.26. The highest BCUT2D eigenvalue weighted by Crippen LogP contribution is 2.30. The van der Waals surface area contributed by atoms with Gasteiger partial charge in [0.05, 0.1) is 0 Å². The molecule has 0 aromatic heterocycles. The first-order valence-electron chi connectivity index (χ1n) is 9.92. The predicted octanol–water partition coefficient (Wildman–Crippen LogP) is 4.20. The monoisotopic (exact) mass is 371 g/mol. The van der Waals surface area contributed by atoms with E-state index >= 15 is 0 Å². The molecular formula is C23H30FNO2. The number of aliphatic hydroxyl groups excluding tert-OH is 1. The van der Waals surface area contributed by atoms with E-state index in [1.165, 1.54) is 11.6 Å². The van der Waals surface area contributed by atoms with Crippen molar-refractivity contribution in [3.63, 3.8) is 0 Å². The largest absolute Gasteiger partial charge is 0.508 e. The van der Waals surface area contributed by atoms with Gasteiger partial charge < -0.3 is 15.1 Å². The Morgan fingerprint density at radius 2 is 1.78 bits per heavy atom. The number of aromatic hydroxyl groups is 1. The van der Waals surface area contributed by atoms with Crippen LogP contribution in [0.2, 0.25) is 0 Å². The molecule has 0 aliphatic carbocycles. The minimum atomic E-state index is -0.119. The molecule has 3 nitrogen and oxygen atoms in total. The van der Waals surface area contributed by atoms with Crippen LogP contribution in [0.5, 0.6) is 5.75 Å². The molecule has 4 heteroatoms. The van der Waals surface area contributed by atoms with Gasteiger partial charge in [-0.1, -0.05) is 37.3 Å². The maximum atomic E-state index is 13.8. The average Bonchev–Trinajstić information content (AvgIpc) is 3.05. The van der Waals surface area contributed by atoms with E-state index in [-0.39, 0.29) is 12.4 Å². The molecule has 1 fully saturated rings. The lowest BCUT2D eigenvalue weighted by atomic mass is 9.91. The number of aryl methyl sites for hydroxylation is 1. The maximum Gasteiger partial charge on any atom is 0.126 e. The Morgan fingerprint density at radius 1 is 1.07 bits per heavy atom. The first-order valence-corrected chi connectivity index (χ1v) is 9.92. The molecule has 1 heterocycles. The Bertz CT molecular complexity index is 719. The third kappa shape index (κ3) is 5.30. The number of nitrogens with zero attached hydrogens (tertiary/aromatic N) is 1. The van der Waals surface area contributed by atoms with E-state index in [2.05, 4.69) is 11.8 Å². The molecule has 0 saturated carbocycles. The third-order valence-corrected chi connectivity index (χ3v) is 5.86. The number of benzene rings is 2. The third-order valence-electron chi connectivity index (χ3n) is 5.86. The van der Waals surface area contributed by atoms with Crippen LogP contribution in [0, 0.1) is 17.7 Å². The number of likely N-dealkylation sites (tertiary alicyclic amines) is 1. The summed E-state index contributed by atoms with van der Waals surface area (Å²) in [5.74, 6) is 1.32. The van der Waals surface area contributed by atoms with Gasteiger partial charge in [-0.25, -0.2) is 4.39 Å². The molecule has 2 N–H and O–H groups in total. The molecule has 1 unspecified atom stereocenters. The smallest absolute Gasteiger partial charge is 0.126 e. The summed E-state index contributed by atoms with van der Waals surface area (Å²) in [6, 6.07) is 14.4. The Labute approximate surface area is 161 Å². The van der Waals surface area contributed by atoms with Gasteiger partial charge in [0.2, 0.25) is 0 Å². The number of hydrogen-bond donors (Lipinski definition) is 2. The van der Waals surface area contributed by atoms with Crippen molar-refractivity contribution in [3.8, 4) is 5.75 Å². The number of phenolic OH excluding ortho intramolecular Hbond substituents is 1. The Kier molecular flexibility index (Phi) is 6.86. The topological polar surface area (TPSA) is 43.7 Å². The molecule has 0 amide bonds. The quantitative estimate of drug-likeness (QED) is 0.731. The van der Waals surface area contributed by atoms with Gasteiger partial charge in [0.1, 0.15) is 11.6 Å². The first-order chi connectivity index (χ1) is 13.1. The second kappa shape index (κ2) is 9.34. The average molecular weight is 371 g/mol. The lowest BCUT2D eigenvalue weighted by molar-refractivity contribution is 0.195. The van der Waals surface area contributed by atoms with E-state index < -0.39 is 0 Å². The van der Waals surface area contributed by atoms with Gasteiger partial charge in [0, 0.05) is 26.2 Å². The van der Waals surface area contributed by atoms with Crippen LogP contribution in [0.4, 0.5) is 4.39 Å². The highest BCUT2D eigenvalue weighted by atomic mass is 19.1. The molecule has 2 aromatic carbocycles. The summed E-state index contributed by atoms with van der Waals surface area (Å²) in [5.41, 5.74) is 2.00. The number of aliphatic hydroxyl groups is 1. The van der Waals surface area contributed by atoms with Crippen molar-refractivity contribution in [2.24, 2.45) is 11.8 Å². The van der Waals surface area contributed by atoms with Gasteiger partial charge >= 0.3 is 0 Å². The van der Waals surface area contributed by atoms with E-state index in [4.69, 9.17) is 0 Å². The van der Waals surface area contributed by atoms with E-state index in [1.807, 2.05) is 24.3 Å². The zero-order valence-corrected chi connectivity index (χ0v) is 16.0. The van der Waals surface area contributed by atoms with E-state index in [0.29, 0.717) is 23.5 Å². The van der Waals surface area contributed by atoms with Crippen molar-refractivity contribution in [2.75, 3.05) is 26.2 Å². The Balaban J connectivity index is 1.50. The minimum absolute atomic E-state index is 0.119. The first kappa shape index (κ1) is 19.8. The van der Waals surface area contributed by atoms with Crippen LogP contribution >= 0.6 is 0 Å². The lowest BCUT2D eigenvalue weighted by Gasteiger charge is -2.21. The number of hydrogen-bond acceptors (Lipinski definition) is 3. The van der Waals surface area contributed by atoms with Crippen LogP contribution in [0.1, 0.15) is 36.8 Å². The van der Waals surface area contributed by atoms with Crippen LogP contribution in [0.15, 0.2) is 48.5 Å². The molecule has 27 heavy (non-hydrogen) atoms. The standard InChI is InChI=1S/C23H30FNO2/c1-17(18-9-11-22(27)12-10-18)13-25-14-20(21(15-25)16-26)7-4-6-19-5-2-3-8-23(19)24/h2-3,5,8-12,17,20-21,26-27H,4,6-7,13-16H2,1H3/t17?,20-,21-/m1/s1. The number of halogens is 1. The van der Waals surface area contributed by atoms with Crippen LogP contribution < -0.4 is 0 Å². The van der Waals surface area contributed by atoms with Crippen LogP contribution in [-0.4, -0.2) is 41.4 Å². The van der Waals surface area contributed by atoms with Crippen molar-refractivity contribution in [1.29, 1.82) is 0 Å². The molecule has 1 aliphatic rings. The molecule has 3 atom stereocenters. The van der Waals surface area contributed by atoms with Crippen molar-refractivity contribution in [1.82, 2.24) is 4.90 Å². The zero-order valence-electron chi connectivity index (χ0n) is 16.0. The van der Waals surface area contributed by atoms with Crippen molar-refractivity contribution >= 4 is 0 Å². The Morgan fingerprint density at radius 3 is 2.48 bits per heavy atom. The van der Waals surface area contributed by atoms with Crippen LogP contribution in [0.25, 0.3) is 0 Å². The van der Waals surface area contributed by atoms with Crippen LogP contribution in [0.3, 0.4) is 0 Å². The highest BCUT2D eigenvalue weighted by molar-refractivity contribution is 5.28. The fourth-order valence-corrected chi connectivity index (χ4v) is 4.27. The SMILES string of the molecule is CC(CN1C[C@@H](CCCc2ccccc2F)[C@@H](CO)C1)c1ccc(O)cc1. The minimum Gasteiger partial charge on any atom is -0.508 e. The van der Waals surface area contributed by atoms with E-state index in [1.54, 1.807) is 18.2 Å². The van der Waals surface area contributed by atoms with Gasteiger partial charge in [-0.15, -0.1) is 0 Å². The molecule has 0 spiro atoms. The summed E-state index contributed by atoms with van der Waals surface area (Å²) in [6.07, 6.45) is 2.72. The molecule has 146 valence electrons. The summed E-state index contributed by atoms with van der Waals surface area (Å²) in [6.45, 7) is 5.28. The molecule has 0 radical (unpaired) electrons. The molecule has 2 aromatic rings. The van der Waals surface area contributed by atoms with Crippen molar-refractivity contribution < 1.29 is 14.6 Å². The molecule has 3 rings (SSSR count). The normalized spacial score (nSPS) is 21.4. The summed E-state index contributed by atoms with van der Waals surface area (Å²) >= 11 is 0. The van der Waals surface area contributed by atoms with Crippen LogP contribution in [-0.2, 0) is 6.42 Å². The predicted molar refractivity (Wildman–Crippen MR) is 106 cm³/mol. The van der Waals surface area contributed by atoms with Gasteiger partial charge in [0.15, 0.2) is 0 Å². The summed E-state index contributed by atoms with van der Waals surface area (Å²) in [4.78, 5) is 2.44. The van der Waals surface area contributed by atoms with E-state index in [9.17, 15) is 14.6 Å². The van der Waals surface area contributed by atoms with Crippen molar-refractivity contribution in [2.45, 2.75) is 32.1 Å². The number of phenols is 1. The molecule has 1 saturated heterocycles. The highest BCUT2D eigenvalue weighted by Gasteiger charge is 2.32. The summed E-state index contributed by atoms with van der Waals surface area (Å²) < 4.78 is 13.8. The van der Waals surface area contributed by atoms with Gasteiger partial charge in [0.25, 0.3) is 0 Å². The van der Waals surface area contributed by atoms with Crippen molar-refractivity contribution in [3.05, 3.63) is 65.5 Å².